The molecule has 0 aliphatic heterocycles. The fraction of sp³-hybridized carbons (Fsp3) is 0.500. The average molecular weight is 383 g/mol. The molecule has 28 heavy (non-hydrogen) atoms. The third-order valence-corrected chi connectivity index (χ3v) is 4.69. The highest BCUT2D eigenvalue weighted by atomic mass is 16.5. The third-order valence-electron chi connectivity index (χ3n) is 4.69. The van der Waals surface area contributed by atoms with Gasteiger partial charge in [-0.2, -0.15) is 0 Å². The van der Waals surface area contributed by atoms with E-state index in [1.807, 2.05) is 24.3 Å². The minimum Gasteiger partial charge on any atom is -0.493 e. The quantitative estimate of drug-likeness (QED) is 0.262. The Hall–Kier alpha value is -2.09. The van der Waals surface area contributed by atoms with Gasteiger partial charge in [-0.1, -0.05) is 47.1 Å². The van der Waals surface area contributed by atoms with Gasteiger partial charge in [0.25, 0.3) is 0 Å². The van der Waals surface area contributed by atoms with Crippen LogP contribution in [0.4, 0.5) is 0 Å². The van der Waals surface area contributed by atoms with E-state index < -0.39 is 0 Å². The number of aryl methyl sites for hydroxylation is 1. The number of carbonyl (C=O) groups is 1. The lowest BCUT2D eigenvalue weighted by molar-refractivity contribution is -0.116. The molecule has 2 heteroatoms. The van der Waals surface area contributed by atoms with Crippen LogP contribution in [0.3, 0.4) is 0 Å². The van der Waals surface area contributed by atoms with Crippen LogP contribution in [0.25, 0.3) is 0 Å². The normalized spacial score (nSPS) is 12.0. The molecule has 0 heterocycles. The first-order valence-corrected chi connectivity index (χ1v) is 10.5. The Bertz CT molecular complexity index is 671. The SMILES string of the molecule is CC(=O)CCc1ccc(OCCC=C(C)CCC=C(C)CCC=C(C)C)cc1. The average Bonchev–Trinajstić information content (AvgIpc) is 2.64. The molecular weight excluding hydrogens is 344 g/mol. The molecule has 0 saturated heterocycles. The minimum atomic E-state index is 0.233. The molecule has 0 bridgehead atoms. The largest absolute Gasteiger partial charge is 0.493 e. The number of ether oxygens (including phenoxy) is 1. The Labute approximate surface area is 172 Å². The molecule has 0 aromatic heterocycles. The van der Waals surface area contributed by atoms with E-state index in [4.69, 9.17) is 4.74 Å². The van der Waals surface area contributed by atoms with Crippen LogP contribution in [0.15, 0.2) is 59.2 Å². The monoisotopic (exact) mass is 382 g/mol. The summed E-state index contributed by atoms with van der Waals surface area (Å²) in [6, 6.07) is 8.08. The summed E-state index contributed by atoms with van der Waals surface area (Å²) in [4.78, 5) is 11.0. The Morgan fingerprint density at radius 1 is 0.786 bits per heavy atom. The van der Waals surface area contributed by atoms with Gasteiger partial charge >= 0.3 is 0 Å². The van der Waals surface area contributed by atoms with Gasteiger partial charge in [-0.25, -0.2) is 0 Å². The molecule has 0 atom stereocenters. The van der Waals surface area contributed by atoms with E-state index in [9.17, 15) is 4.79 Å². The van der Waals surface area contributed by atoms with Gasteiger partial charge in [0.15, 0.2) is 0 Å². The fourth-order valence-corrected chi connectivity index (χ4v) is 2.89. The van der Waals surface area contributed by atoms with Crippen molar-refractivity contribution in [2.75, 3.05) is 6.61 Å². The Morgan fingerprint density at radius 3 is 1.93 bits per heavy atom. The smallest absolute Gasteiger partial charge is 0.130 e. The lowest BCUT2D eigenvalue weighted by Gasteiger charge is -2.06. The predicted octanol–water partition coefficient (Wildman–Crippen LogP) is 7.40. The molecule has 0 fully saturated rings. The van der Waals surface area contributed by atoms with Crippen molar-refractivity contribution in [3.05, 3.63) is 64.8 Å². The maximum Gasteiger partial charge on any atom is 0.130 e. The first-order chi connectivity index (χ1) is 13.4. The molecule has 0 radical (unpaired) electrons. The number of ketones is 1. The van der Waals surface area contributed by atoms with Crippen LogP contribution in [0.2, 0.25) is 0 Å². The van der Waals surface area contributed by atoms with Crippen LogP contribution in [0.5, 0.6) is 5.75 Å². The third kappa shape index (κ3) is 12.3. The fourth-order valence-electron chi connectivity index (χ4n) is 2.89. The van der Waals surface area contributed by atoms with E-state index in [1.165, 1.54) is 22.3 Å². The summed E-state index contributed by atoms with van der Waals surface area (Å²) in [5.74, 6) is 1.13. The van der Waals surface area contributed by atoms with E-state index in [2.05, 4.69) is 45.9 Å². The van der Waals surface area contributed by atoms with Gasteiger partial charge in [0.05, 0.1) is 6.61 Å². The van der Waals surface area contributed by atoms with Crippen molar-refractivity contribution in [3.63, 3.8) is 0 Å². The van der Waals surface area contributed by atoms with Gasteiger partial charge in [-0.3, -0.25) is 0 Å². The molecule has 0 spiro atoms. The van der Waals surface area contributed by atoms with Crippen molar-refractivity contribution in [2.24, 2.45) is 0 Å². The van der Waals surface area contributed by atoms with E-state index in [0.29, 0.717) is 13.0 Å². The van der Waals surface area contributed by atoms with E-state index >= 15 is 0 Å². The second-order valence-corrected chi connectivity index (χ2v) is 7.94. The molecule has 0 unspecified atom stereocenters. The van der Waals surface area contributed by atoms with Gasteiger partial charge in [-0.05, 0) is 90.8 Å². The van der Waals surface area contributed by atoms with Gasteiger partial charge in [-0.15, -0.1) is 0 Å². The van der Waals surface area contributed by atoms with Crippen molar-refractivity contribution in [2.45, 2.75) is 79.6 Å². The number of benzene rings is 1. The summed E-state index contributed by atoms with van der Waals surface area (Å²) in [7, 11) is 0. The molecular formula is C26H38O2. The number of hydrogen-bond acceptors (Lipinski definition) is 2. The molecule has 0 N–H and O–H groups in total. The van der Waals surface area contributed by atoms with Crippen molar-refractivity contribution >= 4 is 5.78 Å². The summed E-state index contributed by atoms with van der Waals surface area (Å²) in [6.45, 7) is 11.1. The summed E-state index contributed by atoms with van der Waals surface area (Å²) < 4.78 is 5.81. The molecule has 0 aliphatic rings. The minimum absolute atomic E-state index is 0.233. The summed E-state index contributed by atoms with van der Waals surface area (Å²) in [5, 5.41) is 0. The number of hydrogen-bond donors (Lipinski definition) is 0. The lowest BCUT2D eigenvalue weighted by atomic mass is 10.1. The highest BCUT2D eigenvalue weighted by molar-refractivity contribution is 5.75. The standard InChI is InChI=1S/C26H38O2/c1-21(2)9-6-10-22(3)11-7-12-23(4)13-8-20-28-26-18-16-25(17-19-26)15-14-24(5)27/h9,11,13,16-19H,6-8,10,12,14-15,20H2,1-5H3. The van der Waals surface area contributed by atoms with E-state index in [1.54, 1.807) is 6.92 Å². The maximum absolute atomic E-state index is 11.0. The number of rotatable bonds is 13. The maximum atomic E-state index is 11.0. The molecule has 1 aromatic rings. The van der Waals surface area contributed by atoms with Crippen molar-refractivity contribution < 1.29 is 9.53 Å². The lowest BCUT2D eigenvalue weighted by Crippen LogP contribution is -1.97. The van der Waals surface area contributed by atoms with Crippen LogP contribution in [0.1, 0.15) is 78.7 Å². The zero-order valence-corrected chi connectivity index (χ0v) is 18.5. The van der Waals surface area contributed by atoms with Gasteiger partial charge < -0.3 is 9.53 Å². The Morgan fingerprint density at radius 2 is 1.36 bits per heavy atom. The molecule has 0 amide bonds. The topological polar surface area (TPSA) is 26.3 Å². The Balaban J connectivity index is 2.23. The molecule has 2 nitrogen and oxygen atoms in total. The Kier molecular flexibility index (Phi) is 12.0. The predicted molar refractivity (Wildman–Crippen MR) is 121 cm³/mol. The molecule has 0 saturated carbocycles. The summed E-state index contributed by atoms with van der Waals surface area (Å²) >= 11 is 0. The zero-order chi connectivity index (χ0) is 20.8. The van der Waals surface area contributed by atoms with Crippen LogP contribution in [-0.2, 0) is 11.2 Å². The molecule has 1 rings (SSSR count). The molecule has 1 aromatic carbocycles. The summed E-state index contributed by atoms with van der Waals surface area (Å²) in [6.07, 6.45) is 13.9. The van der Waals surface area contributed by atoms with Gasteiger partial charge in [0.2, 0.25) is 0 Å². The van der Waals surface area contributed by atoms with Crippen LogP contribution >= 0.6 is 0 Å². The van der Waals surface area contributed by atoms with Gasteiger partial charge in [0.1, 0.15) is 11.5 Å². The van der Waals surface area contributed by atoms with Crippen molar-refractivity contribution in [1.29, 1.82) is 0 Å². The van der Waals surface area contributed by atoms with E-state index in [0.717, 1.165) is 44.3 Å². The van der Waals surface area contributed by atoms with Crippen molar-refractivity contribution in [3.8, 4) is 5.75 Å². The molecule has 154 valence electrons. The van der Waals surface area contributed by atoms with Crippen molar-refractivity contribution in [1.82, 2.24) is 0 Å². The van der Waals surface area contributed by atoms with Crippen LogP contribution in [-0.4, -0.2) is 12.4 Å². The van der Waals surface area contributed by atoms with Crippen LogP contribution < -0.4 is 4.74 Å². The first kappa shape index (κ1) is 23.9. The highest BCUT2D eigenvalue weighted by Gasteiger charge is 1.98. The van der Waals surface area contributed by atoms with E-state index in [-0.39, 0.29) is 5.78 Å². The molecule has 0 aliphatic carbocycles. The summed E-state index contributed by atoms with van der Waals surface area (Å²) in [5.41, 5.74) is 5.50. The number of carbonyl (C=O) groups excluding carboxylic acids is 1. The van der Waals surface area contributed by atoms with Gasteiger partial charge in [0, 0.05) is 6.42 Å². The second-order valence-electron chi connectivity index (χ2n) is 7.94. The number of allylic oxidation sites excluding steroid dienone is 5. The second kappa shape index (κ2) is 14.0. The highest BCUT2D eigenvalue weighted by Crippen LogP contribution is 2.15. The number of Topliss-reactive ketones (excluding diaryl/α,β-unsaturated/α-hetero) is 1. The zero-order valence-electron chi connectivity index (χ0n) is 18.5. The first-order valence-electron chi connectivity index (χ1n) is 10.5. The van der Waals surface area contributed by atoms with Crippen LogP contribution in [0, 0.1) is 0 Å².